The molecule has 7 nitrogen and oxygen atoms in total. The zero-order valence-corrected chi connectivity index (χ0v) is 21.1. The second-order valence-electron chi connectivity index (χ2n) is 9.67. The Kier molecular flexibility index (Phi) is 7.51. The highest BCUT2D eigenvalue weighted by molar-refractivity contribution is 6.16. The Hall–Kier alpha value is -4.35. The van der Waals surface area contributed by atoms with E-state index >= 15 is 4.39 Å². The number of nitrogen functional groups attached to an aromatic ring is 1. The number of nitrogens with two attached hydrogens (primary N) is 1. The van der Waals surface area contributed by atoms with Crippen molar-refractivity contribution in [1.29, 1.82) is 0 Å². The van der Waals surface area contributed by atoms with Gasteiger partial charge in [-0.1, -0.05) is 6.58 Å². The monoisotopic (exact) mass is 557 g/mol. The normalized spacial score (nSPS) is 20.3. The first-order chi connectivity index (χ1) is 19.2. The van der Waals surface area contributed by atoms with Crippen molar-refractivity contribution >= 4 is 17.4 Å². The van der Waals surface area contributed by atoms with Gasteiger partial charge in [0.2, 0.25) is 23.3 Å². The van der Waals surface area contributed by atoms with Crippen LogP contribution in [0.15, 0.2) is 48.2 Å². The SMILES string of the molecule is C=CC(=O)N[C@H]1CCC([C@@H]2CCN=C(c3ccc(Oc4c(F)c(F)cc(F)c4F)cc3F)c3c(N)ncnc32)C1. The van der Waals surface area contributed by atoms with Crippen LogP contribution in [0.5, 0.6) is 11.5 Å². The predicted molar refractivity (Wildman–Crippen MR) is 137 cm³/mol. The fraction of sp³-hybridized carbons (Fsp3) is 0.286. The van der Waals surface area contributed by atoms with E-state index < -0.39 is 40.6 Å². The molecule has 3 N–H and O–H groups in total. The molecule has 1 unspecified atom stereocenters. The number of fused-ring (bicyclic) bond motifs is 1. The van der Waals surface area contributed by atoms with Crippen LogP contribution in [0.3, 0.4) is 0 Å². The van der Waals surface area contributed by atoms with Gasteiger partial charge in [0.15, 0.2) is 11.6 Å². The summed E-state index contributed by atoms with van der Waals surface area (Å²) in [6.07, 6.45) is 5.51. The van der Waals surface area contributed by atoms with Crippen molar-refractivity contribution in [3.63, 3.8) is 0 Å². The molecule has 0 radical (unpaired) electrons. The quantitative estimate of drug-likeness (QED) is 0.242. The number of nitrogens with one attached hydrogen (secondary N) is 1. The molecule has 2 aliphatic rings. The Morgan fingerprint density at radius 1 is 1.02 bits per heavy atom. The highest BCUT2D eigenvalue weighted by Gasteiger charge is 2.37. The van der Waals surface area contributed by atoms with Crippen molar-refractivity contribution < 1.29 is 31.5 Å². The predicted octanol–water partition coefficient (Wildman–Crippen LogP) is 5.34. The fourth-order valence-electron chi connectivity index (χ4n) is 5.43. The Morgan fingerprint density at radius 3 is 2.48 bits per heavy atom. The van der Waals surface area contributed by atoms with Gasteiger partial charge in [0.25, 0.3) is 0 Å². The van der Waals surface area contributed by atoms with Crippen LogP contribution in [0.1, 0.15) is 48.4 Å². The van der Waals surface area contributed by atoms with Crippen LogP contribution < -0.4 is 15.8 Å². The molecular formula is C28H24F5N5O2. The van der Waals surface area contributed by atoms with Crippen molar-refractivity contribution in [2.24, 2.45) is 10.9 Å². The van der Waals surface area contributed by atoms with Gasteiger partial charge in [0.1, 0.15) is 23.7 Å². The number of nitrogens with zero attached hydrogens (tertiary/aromatic N) is 3. The lowest BCUT2D eigenvalue weighted by Crippen LogP contribution is -2.31. The standard InChI is InChI=1S/C28H24F5N5O2/c1-2-21(39)38-14-4-3-13(9-14)16-7-8-35-26(22-25(16)36-12-37-28(22)34)17-6-5-15(10-18(17)29)40-27-23(32)19(30)11-20(31)24(27)33/h2,5-6,10-14,16H,1,3-4,7-9H2,(H,38,39)(H2,34,36,37)/t13?,14-,16-/m0/s1. The molecule has 3 atom stereocenters. The minimum atomic E-state index is -1.75. The summed E-state index contributed by atoms with van der Waals surface area (Å²) in [5.74, 6) is -9.47. The maximum atomic E-state index is 15.4. The van der Waals surface area contributed by atoms with Crippen LogP contribution in [0.4, 0.5) is 27.8 Å². The number of aliphatic imine (C=N–C) groups is 1. The molecule has 1 amide bonds. The van der Waals surface area contributed by atoms with Gasteiger partial charge in [-0.05, 0) is 49.8 Å². The number of aromatic nitrogens is 2. The van der Waals surface area contributed by atoms with Gasteiger partial charge in [-0.15, -0.1) is 0 Å². The fourth-order valence-corrected chi connectivity index (χ4v) is 5.43. The Bertz CT molecular complexity index is 1500. The van der Waals surface area contributed by atoms with Crippen molar-refractivity contribution in [2.45, 2.75) is 37.6 Å². The number of hydrogen-bond donors (Lipinski definition) is 2. The molecule has 2 aromatic carbocycles. The first-order valence-corrected chi connectivity index (χ1v) is 12.6. The minimum Gasteiger partial charge on any atom is -0.451 e. The lowest BCUT2D eigenvalue weighted by atomic mass is 9.83. The molecule has 0 bridgehead atoms. The van der Waals surface area contributed by atoms with Gasteiger partial charge in [-0.3, -0.25) is 9.79 Å². The van der Waals surface area contributed by atoms with Crippen molar-refractivity contribution in [3.8, 4) is 11.5 Å². The number of ether oxygens (including phenoxy) is 1. The average molecular weight is 558 g/mol. The molecule has 208 valence electrons. The number of carbonyl (C=O) groups excluding carboxylic acids is 1. The Labute approximate surface area is 226 Å². The van der Waals surface area contributed by atoms with E-state index in [4.69, 9.17) is 10.5 Å². The number of rotatable bonds is 6. The van der Waals surface area contributed by atoms with Gasteiger partial charge in [-0.2, -0.15) is 8.78 Å². The molecule has 12 heteroatoms. The Balaban J connectivity index is 1.45. The van der Waals surface area contributed by atoms with Crippen LogP contribution in [0.2, 0.25) is 0 Å². The summed E-state index contributed by atoms with van der Waals surface area (Å²) < 4.78 is 75.6. The van der Waals surface area contributed by atoms with Crippen LogP contribution in [-0.4, -0.2) is 34.2 Å². The van der Waals surface area contributed by atoms with E-state index in [1.54, 1.807) is 0 Å². The lowest BCUT2D eigenvalue weighted by Gasteiger charge is -2.24. The molecule has 40 heavy (non-hydrogen) atoms. The summed E-state index contributed by atoms with van der Waals surface area (Å²) in [5.41, 5.74) is 7.44. The first kappa shape index (κ1) is 27.2. The number of carbonyl (C=O) groups is 1. The van der Waals surface area contributed by atoms with Crippen LogP contribution in [-0.2, 0) is 4.79 Å². The van der Waals surface area contributed by atoms with Crippen LogP contribution >= 0.6 is 0 Å². The van der Waals surface area contributed by atoms with Crippen molar-refractivity contribution in [3.05, 3.63) is 89.2 Å². The topological polar surface area (TPSA) is 102 Å². The van der Waals surface area contributed by atoms with Gasteiger partial charge in [0, 0.05) is 36.2 Å². The third-order valence-corrected chi connectivity index (χ3v) is 7.27. The summed E-state index contributed by atoms with van der Waals surface area (Å²) in [7, 11) is 0. The van der Waals surface area contributed by atoms with E-state index in [2.05, 4.69) is 26.9 Å². The van der Waals surface area contributed by atoms with E-state index in [-0.39, 0.29) is 46.9 Å². The number of hydrogen-bond acceptors (Lipinski definition) is 6. The Morgan fingerprint density at radius 2 is 1.77 bits per heavy atom. The molecule has 3 aromatic rings. The molecule has 1 aromatic heterocycles. The van der Waals surface area contributed by atoms with Crippen molar-refractivity contribution in [1.82, 2.24) is 15.3 Å². The molecule has 0 saturated heterocycles. The van der Waals surface area contributed by atoms with Crippen molar-refractivity contribution in [2.75, 3.05) is 12.3 Å². The van der Waals surface area contributed by atoms with E-state index in [1.165, 1.54) is 24.5 Å². The second kappa shape index (κ2) is 11.0. The summed E-state index contributed by atoms with van der Waals surface area (Å²) in [4.78, 5) is 25.0. The first-order valence-electron chi connectivity index (χ1n) is 12.6. The van der Waals surface area contributed by atoms with E-state index in [0.29, 0.717) is 24.2 Å². The third-order valence-electron chi connectivity index (χ3n) is 7.27. The van der Waals surface area contributed by atoms with Gasteiger partial charge < -0.3 is 15.8 Å². The molecule has 0 spiro atoms. The summed E-state index contributed by atoms with van der Waals surface area (Å²) in [6, 6.07) is 3.32. The summed E-state index contributed by atoms with van der Waals surface area (Å²) in [6.45, 7) is 3.81. The largest absolute Gasteiger partial charge is 0.451 e. The zero-order valence-electron chi connectivity index (χ0n) is 21.1. The molecule has 1 saturated carbocycles. The van der Waals surface area contributed by atoms with Gasteiger partial charge in [0.05, 0.1) is 17.0 Å². The maximum Gasteiger partial charge on any atom is 0.243 e. The lowest BCUT2D eigenvalue weighted by molar-refractivity contribution is -0.117. The van der Waals surface area contributed by atoms with E-state index in [0.717, 1.165) is 25.3 Å². The number of amides is 1. The minimum absolute atomic E-state index is 0.00432. The van der Waals surface area contributed by atoms with Gasteiger partial charge in [-0.25, -0.2) is 23.1 Å². The summed E-state index contributed by atoms with van der Waals surface area (Å²) in [5, 5.41) is 2.93. The number of halogens is 5. The average Bonchev–Trinajstić information content (AvgIpc) is 3.29. The van der Waals surface area contributed by atoms with Gasteiger partial charge >= 0.3 is 0 Å². The number of anilines is 1. The highest BCUT2D eigenvalue weighted by atomic mass is 19.2. The number of benzene rings is 2. The molecule has 2 heterocycles. The van der Waals surface area contributed by atoms with E-state index in [1.807, 2.05) is 0 Å². The van der Waals surface area contributed by atoms with E-state index in [9.17, 15) is 22.4 Å². The third kappa shape index (κ3) is 5.13. The van der Waals surface area contributed by atoms with Crippen LogP contribution in [0, 0.1) is 35.0 Å². The smallest absolute Gasteiger partial charge is 0.243 e. The summed E-state index contributed by atoms with van der Waals surface area (Å²) >= 11 is 0. The molecular weight excluding hydrogens is 533 g/mol. The second-order valence-corrected chi connectivity index (χ2v) is 9.67. The molecule has 5 rings (SSSR count). The zero-order chi connectivity index (χ0) is 28.6. The molecule has 1 fully saturated rings. The maximum absolute atomic E-state index is 15.4. The molecule has 1 aliphatic heterocycles. The van der Waals surface area contributed by atoms with Crippen LogP contribution in [0.25, 0.3) is 0 Å². The highest BCUT2D eigenvalue weighted by Crippen LogP contribution is 2.42. The molecule has 1 aliphatic carbocycles.